The highest BCUT2D eigenvalue weighted by molar-refractivity contribution is 5.93. The van der Waals surface area contributed by atoms with Gasteiger partial charge in [0.1, 0.15) is 0 Å². The number of ether oxygens (including phenoxy) is 2. The van der Waals surface area contributed by atoms with E-state index in [0.717, 1.165) is 19.5 Å². The molecule has 168 valence electrons. The monoisotopic (exact) mass is 419 g/mol. The van der Waals surface area contributed by atoms with Crippen molar-refractivity contribution in [2.24, 2.45) is 11.8 Å². The van der Waals surface area contributed by atoms with Crippen LogP contribution in [0, 0.1) is 11.8 Å². The maximum atomic E-state index is 12.9. The molecule has 0 spiro atoms. The van der Waals surface area contributed by atoms with Crippen LogP contribution in [-0.2, 0) is 9.59 Å². The molecule has 1 heterocycles. The summed E-state index contributed by atoms with van der Waals surface area (Å²) < 4.78 is 11.2. The van der Waals surface area contributed by atoms with Gasteiger partial charge in [0, 0.05) is 24.8 Å². The Morgan fingerprint density at radius 1 is 1.13 bits per heavy atom. The lowest BCUT2D eigenvalue weighted by Gasteiger charge is -2.38. The highest BCUT2D eigenvalue weighted by Gasteiger charge is 2.30. The van der Waals surface area contributed by atoms with Gasteiger partial charge in [0.25, 0.3) is 0 Å². The van der Waals surface area contributed by atoms with Crippen molar-refractivity contribution in [2.45, 2.75) is 47.1 Å². The molecule has 0 saturated carbocycles. The summed E-state index contributed by atoms with van der Waals surface area (Å²) in [6.45, 7) is 12.8. The van der Waals surface area contributed by atoms with Gasteiger partial charge in [-0.1, -0.05) is 13.8 Å². The Morgan fingerprint density at radius 2 is 1.73 bits per heavy atom. The smallest absolute Gasteiger partial charge is 0.239 e. The minimum absolute atomic E-state index is 0.0865. The van der Waals surface area contributed by atoms with E-state index in [9.17, 15) is 9.59 Å². The Labute approximate surface area is 180 Å². The molecular weight excluding hydrogens is 382 g/mol. The molecule has 1 fully saturated rings. The summed E-state index contributed by atoms with van der Waals surface area (Å²) >= 11 is 0. The van der Waals surface area contributed by atoms with E-state index in [2.05, 4.69) is 19.2 Å². The minimum Gasteiger partial charge on any atom is -0.490 e. The summed E-state index contributed by atoms with van der Waals surface area (Å²) in [5, 5.41) is 2.89. The molecule has 1 aromatic carbocycles. The van der Waals surface area contributed by atoms with Gasteiger partial charge in [0.15, 0.2) is 11.5 Å². The van der Waals surface area contributed by atoms with Crippen LogP contribution >= 0.6 is 0 Å². The van der Waals surface area contributed by atoms with Crippen LogP contribution in [-0.4, -0.2) is 67.6 Å². The average Bonchev–Trinajstić information content (AvgIpc) is 2.68. The molecule has 0 unspecified atom stereocenters. The summed E-state index contributed by atoms with van der Waals surface area (Å²) in [6, 6.07) is 4.99. The van der Waals surface area contributed by atoms with Crippen LogP contribution in [0.4, 0.5) is 5.69 Å². The Bertz CT molecular complexity index is 714. The first kappa shape index (κ1) is 24.0. The van der Waals surface area contributed by atoms with Crippen molar-refractivity contribution in [1.29, 1.82) is 0 Å². The number of nitrogens with zero attached hydrogens (tertiary/aromatic N) is 2. The third-order valence-corrected chi connectivity index (χ3v) is 5.42. The summed E-state index contributed by atoms with van der Waals surface area (Å²) in [5.74, 6) is 2.18. The second kappa shape index (κ2) is 11.2. The van der Waals surface area contributed by atoms with Gasteiger partial charge in [-0.3, -0.25) is 14.5 Å². The van der Waals surface area contributed by atoms with Gasteiger partial charge in [0.05, 0.1) is 25.8 Å². The van der Waals surface area contributed by atoms with E-state index in [0.29, 0.717) is 42.2 Å². The molecule has 3 atom stereocenters. The molecule has 30 heavy (non-hydrogen) atoms. The Morgan fingerprint density at radius 3 is 2.33 bits per heavy atom. The van der Waals surface area contributed by atoms with Crippen molar-refractivity contribution in [1.82, 2.24) is 9.80 Å². The summed E-state index contributed by atoms with van der Waals surface area (Å²) in [6.07, 6.45) is 1.15. The first-order chi connectivity index (χ1) is 14.2. The van der Waals surface area contributed by atoms with E-state index in [1.54, 1.807) is 23.1 Å². The zero-order valence-electron chi connectivity index (χ0n) is 19.2. The molecular formula is C23H37N3O4. The molecule has 0 aromatic heterocycles. The maximum absolute atomic E-state index is 12.9. The fourth-order valence-corrected chi connectivity index (χ4v) is 3.99. The summed E-state index contributed by atoms with van der Waals surface area (Å²) in [4.78, 5) is 29.2. The van der Waals surface area contributed by atoms with Crippen LogP contribution < -0.4 is 14.8 Å². The fraction of sp³-hybridized carbons (Fsp3) is 0.652. The quantitative estimate of drug-likeness (QED) is 0.665. The zero-order chi connectivity index (χ0) is 22.3. The number of nitrogens with one attached hydrogen (secondary N) is 1. The number of rotatable bonds is 9. The van der Waals surface area contributed by atoms with Crippen molar-refractivity contribution < 1.29 is 19.1 Å². The lowest BCUT2D eigenvalue weighted by molar-refractivity contribution is -0.139. The minimum atomic E-state index is -0.354. The van der Waals surface area contributed by atoms with Crippen LogP contribution in [0.5, 0.6) is 11.5 Å². The summed E-state index contributed by atoms with van der Waals surface area (Å²) in [7, 11) is 1.81. The topological polar surface area (TPSA) is 71.1 Å². The predicted octanol–water partition coefficient (Wildman–Crippen LogP) is 3.25. The van der Waals surface area contributed by atoms with Gasteiger partial charge in [-0.2, -0.15) is 0 Å². The highest BCUT2D eigenvalue weighted by Crippen LogP contribution is 2.30. The normalized spacial score (nSPS) is 20.0. The molecule has 0 radical (unpaired) electrons. The van der Waals surface area contributed by atoms with Gasteiger partial charge >= 0.3 is 0 Å². The number of hydrogen-bond donors (Lipinski definition) is 1. The van der Waals surface area contributed by atoms with Crippen molar-refractivity contribution in [3.05, 3.63) is 18.2 Å². The number of carbonyl (C=O) groups is 2. The molecule has 1 aromatic rings. The third kappa shape index (κ3) is 6.62. The number of amides is 2. The summed E-state index contributed by atoms with van der Waals surface area (Å²) in [5.41, 5.74) is 0.637. The third-order valence-electron chi connectivity index (χ3n) is 5.42. The van der Waals surface area contributed by atoms with Crippen LogP contribution in [0.2, 0.25) is 0 Å². The van der Waals surface area contributed by atoms with E-state index in [1.807, 2.05) is 32.7 Å². The van der Waals surface area contributed by atoms with Crippen molar-refractivity contribution in [3.8, 4) is 11.5 Å². The van der Waals surface area contributed by atoms with Crippen molar-refractivity contribution in [2.75, 3.05) is 45.2 Å². The van der Waals surface area contributed by atoms with E-state index in [4.69, 9.17) is 9.47 Å². The Kier molecular flexibility index (Phi) is 8.96. The number of likely N-dealkylation sites (tertiary alicyclic amines) is 1. The number of piperidine rings is 1. The Hall–Kier alpha value is -2.28. The van der Waals surface area contributed by atoms with Crippen molar-refractivity contribution in [3.63, 3.8) is 0 Å². The van der Waals surface area contributed by atoms with E-state index in [-0.39, 0.29) is 24.4 Å². The number of hydrogen-bond acceptors (Lipinski definition) is 5. The van der Waals surface area contributed by atoms with Crippen molar-refractivity contribution >= 4 is 17.5 Å². The SMILES string of the molecule is CCOc1ccc(NC(=O)CN(C)[C@H](C)C(=O)N2C[C@H](C)C[C@H](C)C2)cc1OCC. The molecule has 2 amide bonds. The first-order valence-electron chi connectivity index (χ1n) is 10.9. The maximum Gasteiger partial charge on any atom is 0.239 e. The highest BCUT2D eigenvalue weighted by atomic mass is 16.5. The zero-order valence-corrected chi connectivity index (χ0v) is 19.2. The molecule has 7 heteroatoms. The van der Waals surface area contributed by atoms with E-state index in [1.165, 1.54) is 0 Å². The number of anilines is 1. The molecule has 1 aliphatic heterocycles. The molecule has 0 aliphatic carbocycles. The average molecular weight is 420 g/mol. The van der Waals surface area contributed by atoms with Gasteiger partial charge in [-0.25, -0.2) is 0 Å². The molecule has 1 saturated heterocycles. The molecule has 2 rings (SSSR count). The van der Waals surface area contributed by atoms with Gasteiger partial charge < -0.3 is 19.7 Å². The second-order valence-electron chi connectivity index (χ2n) is 8.36. The lowest BCUT2D eigenvalue weighted by atomic mass is 9.91. The lowest BCUT2D eigenvalue weighted by Crippen LogP contribution is -2.51. The van der Waals surface area contributed by atoms with Crippen LogP contribution in [0.25, 0.3) is 0 Å². The Balaban J connectivity index is 1.95. The van der Waals surface area contributed by atoms with Crippen LogP contribution in [0.3, 0.4) is 0 Å². The first-order valence-corrected chi connectivity index (χ1v) is 10.9. The standard InChI is InChI=1S/C23H37N3O4/c1-7-29-20-10-9-19(12-21(20)30-8-2)24-22(27)15-25(6)18(5)23(28)26-13-16(3)11-17(4)14-26/h9-10,12,16-18H,7-8,11,13-15H2,1-6H3,(H,24,27)/t16-,17+,18-/m1/s1. The van der Waals surface area contributed by atoms with Crippen LogP contribution in [0.15, 0.2) is 18.2 Å². The van der Waals surface area contributed by atoms with Gasteiger partial charge in [-0.15, -0.1) is 0 Å². The van der Waals surface area contributed by atoms with E-state index < -0.39 is 0 Å². The number of benzene rings is 1. The largest absolute Gasteiger partial charge is 0.490 e. The van der Waals surface area contributed by atoms with E-state index >= 15 is 0 Å². The van der Waals surface area contributed by atoms with Gasteiger partial charge in [0.2, 0.25) is 11.8 Å². The second-order valence-corrected chi connectivity index (χ2v) is 8.36. The fourth-order valence-electron chi connectivity index (χ4n) is 3.99. The predicted molar refractivity (Wildman–Crippen MR) is 119 cm³/mol. The number of likely N-dealkylation sites (N-methyl/N-ethyl adjacent to an activating group) is 1. The molecule has 1 N–H and O–H groups in total. The van der Waals surface area contributed by atoms with Gasteiger partial charge in [-0.05, 0) is 58.2 Å². The number of carbonyl (C=O) groups excluding carboxylic acids is 2. The molecule has 0 bridgehead atoms. The van der Waals surface area contributed by atoms with Crippen LogP contribution in [0.1, 0.15) is 41.0 Å². The molecule has 1 aliphatic rings. The molecule has 7 nitrogen and oxygen atoms in total.